The van der Waals surface area contributed by atoms with Gasteiger partial charge in [-0.1, -0.05) is 43.0 Å². The summed E-state index contributed by atoms with van der Waals surface area (Å²) < 4.78 is 6.22. The van der Waals surface area contributed by atoms with Crippen molar-refractivity contribution in [1.29, 1.82) is 0 Å². The Kier molecular flexibility index (Phi) is 10.8. The van der Waals surface area contributed by atoms with Gasteiger partial charge >= 0.3 is 0 Å². The number of hydrogen-bond donors (Lipinski definition) is 1. The van der Waals surface area contributed by atoms with Gasteiger partial charge in [0.05, 0.1) is 5.69 Å². The van der Waals surface area contributed by atoms with Crippen LogP contribution >= 0.6 is 47.9 Å². The van der Waals surface area contributed by atoms with E-state index in [2.05, 4.69) is 27.6 Å². The monoisotopic (exact) mass is 589 g/mol. The number of nitrogens with zero attached hydrogens (tertiary/aromatic N) is 4. The first kappa shape index (κ1) is 29.7. The highest BCUT2D eigenvalue weighted by Gasteiger charge is 2.30. The Labute approximate surface area is 243 Å². The lowest BCUT2D eigenvalue weighted by Crippen LogP contribution is -2.41. The Bertz CT molecular complexity index is 1330. The second kappa shape index (κ2) is 13.8. The first-order valence-electron chi connectivity index (χ1n) is 11.8. The van der Waals surface area contributed by atoms with Gasteiger partial charge in [0.25, 0.3) is 0 Å². The number of pyridine rings is 2. The molecule has 1 aliphatic heterocycles. The van der Waals surface area contributed by atoms with E-state index in [9.17, 15) is 4.79 Å². The lowest BCUT2D eigenvalue weighted by molar-refractivity contribution is -0.130. The molecule has 0 bridgehead atoms. The molecule has 2 atom stereocenters. The van der Waals surface area contributed by atoms with Crippen molar-refractivity contribution in [1.82, 2.24) is 19.9 Å². The Hall–Kier alpha value is -2.85. The van der Waals surface area contributed by atoms with Crippen molar-refractivity contribution in [2.75, 3.05) is 18.4 Å². The molecular formula is C27H29Cl2N5O2S2. The van der Waals surface area contributed by atoms with Crippen LogP contribution in [0.5, 0.6) is 11.5 Å². The van der Waals surface area contributed by atoms with Gasteiger partial charge in [-0.15, -0.1) is 36.2 Å². The van der Waals surface area contributed by atoms with Crippen molar-refractivity contribution in [3.63, 3.8) is 0 Å². The van der Waals surface area contributed by atoms with Crippen molar-refractivity contribution in [2.24, 2.45) is 5.92 Å². The summed E-state index contributed by atoms with van der Waals surface area (Å²) >= 11 is 3.09. The third kappa shape index (κ3) is 7.38. The maximum Gasteiger partial charge on any atom is 0.219 e. The van der Waals surface area contributed by atoms with Crippen molar-refractivity contribution >= 4 is 64.8 Å². The highest BCUT2D eigenvalue weighted by atomic mass is 35.5. The third-order valence-electron chi connectivity index (χ3n) is 6.14. The van der Waals surface area contributed by atoms with E-state index in [0.29, 0.717) is 23.4 Å². The normalized spacial score (nSPS) is 16.6. The Morgan fingerprint density at radius 2 is 1.92 bits per heavy atom. The van der Waals surface area contributed by atoms with Crippen LogP contribution in [-0.4, -0.2) is 38.8 Å². The topological polar surface area (TPSA) is 80.2 Å². The zero-order valence-electron chi connectivity index (χ0n) is 20.9. The van der Waals surface area contributed by atoms with Crippen molar-refractivity contribution in [2.45, 2.75) is 36.1 Å². The van der Waals surface area contributed by atoms with Crippen LogP contribution in [0.4, 0.5) is 10.9 Å². The number of benzene rings is 1. The molecule has 0 aliphatic carbocycles. The summed E-state index contributed by atoms with van der Waals surface area (Å²) in [6, 6.07) is 17.5. The summed E-state index contributed by atoms with van der Waals surface area (Å²) in [5, 5.41) is 7.13. The molecule has 1 amide bonds. The van der Waals surface area contributed by atoms with Crippen LogP contribution in [0, 0.1) is 5.92 Å². The van der Waals surface area contributed by atoms with Crippen molar-refractivity contribution in [3.8, 4) is 11.5 Å². The summed E-state index contributed by atoms with van der Waals surface area (Å²) in [5.74, 6) is 2.77. The van der Waals surface area contributed by atoms with Crippen LogP contribution in [0.15, 0.2) is 82.3 Å². The largest absolute Gasteiger partial charge is 0.453 e. The fourth-order valence-corrected chi connectivity index (χ4v) is 5.83. The summed E-state index contributed by atoms with van der Waals surface area (Å²) in [6.07, 6.45) is 4.51. The number of ether oxygens (including phenoxy) is 1. The molecule has 1 aliphatic rings. The van der Waals surface area contributed by atoms with Crippen molar-refractivity contribution in [3.05, 3.63) is 78.1 Å². The molecular weight excluding hydrogens is 561 g/mol. The molecule has 5 rings (SSSR count). The van der Waals surface area contributed by atoms with Crippen LogP contribution in [0.1, 0.15) is 31.9 Å². The zero-order valence-corrected chi connectivity index (χ0v) is 24.2. The predicted octanol–water partition coefficient (Wildman–Crippen LogP) is 7.44. The van der Waals surface area contributed by atoms with E-state index in [1.54, 1.807) is 24.5 Å². The minimum atomic E-state index is 0. The Morgan fingerprint density at radius 3 is 2.63 bits per heavy atom. The molecule has 2 unspecified atom stereocenters. The summed E-state index contributed by atoms with van der Waals surface area (Å²) in [4.78, 5) is 28.6. The number of anilines is 2. The SMILES string of the molecule is CC(=O)N1CCC(c2csc(Nc3ncc(Sc4ccccn4)cc3Oc3ccccc3)n2)C(C)C1.Cl.Cl. The molecule has 0 radical (unpaired) electrons. The van der Waals surface area contributed by atoms with Gasteiger partial charge in [0.2, 0.25) is 5.91 Å². The van der Waals surface area contributed by atoms with E-state index in [0.717, 1.165) is 46.0 Å². The molecule has 1 saturated heterocycles. The van der Waals surface area contributed by atoms with E-state index in [1.165, 1.54) is 11.8 Å². The average Bonchev–Trinajstić information content (AvgIpc) is 3.35. The van der Waals surface area contributed by atoms with Gasteiger partial charge in [-0.3, -0.25) is 4.79 Å². The molecule has 200 valence electrons. The number of likely N-dealkylation sites (tertiary alicyclic amines) is 1. The summed E-state index contributed by atoms with van der Waals surface area (Å²) in [7, 11) is 0. The van der Waals surface area contributed by atoms with Gasteiger partial charge in [0.15, 0.2) is 16.7 Å². The van der Waals surface area contributed by atoms with Crippen LogP contribution in [0.2, 0.25) is 0 Å². The van der Waals surface area contributed by atoms with Gasteiger partial charge < -0.3 is 15.0 Å². The second-order valence-corrected chi connectivity index (χ2v) is 10.7. The molecule has 4 aromatic rings. The lowest BCUT2D eigenvalue weighted by atomic mass is 9.85. The average molecular weight is 591 g/mol. The van der Waals surface area contributed by atoms with Gasteiger partial charge in [0, 0.05) is 54.7 Å². The molecule has 0 spiro atoms. The van der Waals surface area contributed by atoms with Crippen molar-refractivity contribution < 1.29 is 9.53 Å². The molecule has 0 saturated carbocycles. The highest BCUT2D eigenvalue weighted by molar-refractivity contribution is 7.99. The number of para-hydroxylation sites is 1. The number of piperidine rings is 1. The minimum absolute atomic E-state index is 0. The number of amides is 1. The molecule has 1 N–H and O–H groups in total. The summed E-state index contributed by atoms with van der Waals surface area (Å²) in [6.45, 7) is 5.38. The van der Waals surface area contributed by atoms with Gasteiger partial charge in [-0.2, -0.15) is 0 Å². The van der Waals surface area contributed by atoms with Gasteiger partial charge in [-0.05, 0) is 36.6 Å². The second-order valence-electron chi connectivity index (χ2n) is 8.74. The molecule has 1 fully saturated rings. The van der Waals surface area contributed by atoms with Crippen LogP contribution in [0.25, 0.3) is 0 Å². The number of hydrogen-bond acceptors (Lipinski definition) is 8. The Balaban J connectivity index is 0.00000200. The highest BCUT2D eigenvalue weighted by Crippen LogP contribution is 2.38. The first-order valence-corrected chi connectivity index (χ1v) is 13.5. The number of halogens is 2. The smallest absolute Gasteiger partial charge is 0.219 e. The van der Waals surface area contributed by atoms with E-state index < -0.39 is 0 Å². The Morgan fingerprint density at radius 1 is 1.13 bits per heavy atom. The molecule has 1 aromatic carbocycles. The quantitative estimate of drug-likeness (QED) is 0.240. The zero-order chi connectivity index (χ0) is 24.9. The molecule has 11 heteroatoms. The fourth-order valence-electron chi connectivity index (χ4n) is 4.28. The minimum Gasteiger partial charge on any atom is -0.453 e. The summed E-state index contributed by atoms with van der Waals surface area (Å²) in [5.41, 5.74) is 1.06. The predicted molar refractivity (Wildman–Crippen MR) is 158 cm³/mol. The number of carbonyl (C=O) groups is 1. The number of aromatic nitrogens is 3. The van der Waals surface area contributed by atoms with Crippen LogP contribution in [-0.2, 0) is 4.79 Å². The molecule has 3 aromatic heterocycles. The van der Waals surface area contributed by atoms with Crippen LogP contribution < -0.4 is 10.1 Å². The number of carbonyl (C=O) groups excluding carboxylic acids is 1. The number of rotatable bonds is 7. The third-order valence-corrected chi connectivity index (χ3v) is 7.82. The van der Waals surface area contributed by atoms with E-state index in [-0.39, 0.29) is 30.7 Å². The van der Waals surface area contributed by atoms with E-state index >= 15 is 0 Å². The first-order chi connectivity index (χ1) is 17.5. The van der Waals surface area contributed by atoms with E-state index in [4.69, 9.17) is 9.72 Å². The molecule has 7 nitrogen and oxygen atoms in total. The van der Waals surface area contributed by atoms with Gasteiger partial charge in [0.1, 0.15) is 10.8 Å². The standard InChI is InChI=1S/C27H27N5O2S2.2ClH/c1-18-16-32(19(2)33)13-11-22(18)23-17-35-27(30-23)31-26-24(34-20-8-4-3-5-9-20)14-21(15-29-26)36-25-10-6-7-12-28-25;;/h3-10,12,14-15,17-18,22H,11,13,16H2,1-2H3,(H,29,30,31);2*1H. The maximum atomic E-state index is 11.8. The van der Waals surface area contributed by atoms with E-state index in [1.807, 2.05) is 65.7 Å². The maximum absolute atomic E-state index is 11.8. The van der Waals surface area contributed by atoms with Gasteiger partial charge in [-0.25, -0.2) is 15.0 Å². The lowest BCUT2D eigenvalue weighted by Gasteiger charge is -2.35. The molecule has 4 heterocycles. The fraction of sp³-hybridized carbons (Fsp3) is 0.259. The number of thiazole rings is 1. The van der Waals surface area contributed by atoms with Crippen LogP contribution in [0.3, 0.4) is 0 Å². The molecule has 38 heavy (non-hydrogen) atoms. The number of nitrogens with one attached hydrogen (secondary N) is 1.